The van der Waals surface area contributed by atoms with Crippen LogP contribution in [-0.4, -0.2) is 47.4 Å². The number of hydrogen-bond donors (Lipinski definition) is 3. The van der Waals surface area contributed by atoms with Gasteiger partial charge in [0.2, 0.25) is 0 Å². The Hall–Kier alpha value is -4.10. The van der Waals surface area contributed by atoms with Gasteiger partial charge in [0.15, 0.2) is 0 Å². The molecule has 2 aromatic heterocycles. The molecule has 1 aliphatic rings. The maximum absolute atomic E-state index is 12.1. The van der Waals surface area contributed by atoms with Gasteiger partial charge in [-0.05, 0) is 59.7 Å². The Bertz CT molecular complexity index is 1450. The second-order valence-corrected chi connectivity index (χ2v) is 9.44. The van der Waals surface area contributed by atoms with Gasteiger partial charge in [0.25, 0.3) is 5.91 Å². The Labute approximate surface area is 216 Å². The number of nitrogens with one attached hydrogen (secondary N) is 3. The van der Waals surface area contributed by atoms with E-state index in [-0.39, 0.29) is 17.9 Å². The fourth-order valence-corrected chi connectivity index (χ4v) is 5.30. The maximum Gasteiger partial charge on any atom is 0.330 e. The molecule has 0 aliphatic heterocycles. The van der Waals surface area contributed by atoms with Crippen LogP contribution in [0, 0.1) is 0 Å². The molecule has 3 N–H and O–H groups in total. The summed E-state index contributed by atoms with van der Waals surface area (Å²) in [4.78, 5) is 32.8. The van der Waals surface area contributed by atoms with Crippen molar-refractivity contribution in [2.24, 2.45) is 0 Å². The number of nitrogens with zero attached hydrogens (tertiary/aromatic N) is 1. The van der Waals surface area contributed by atoms with Crippen LogP contribution < -0.4 is 5.32 Å². The minimum Gasteiger partial charge on any atom is -0.466 e. The summed E-state index contributed by atoms with van der Waals surface area (Å²) in [5.74, 6) is -0.449. The Balaban J connectivity index is 1.39. The highest BCUT2D eigenvalue weighted by molar-refractivity contribution is 5.94. The fraction of sp³-hybridized carbons (Fsp3) is 0.267. The summed E-state index contributed by atoms with van der Waals surface area (Å²) in [6, 6.07) is 17.0. The second kappa shape index (κ2) is 10.9. The number of aryl methyl sites for hydroxylation is 1. The second-order valence-electron chi connectivity index (χ2n) is 9.44. The zero-order chi connectivity index (χ0) is 25.8. The smallest absolute Gasteiger partial charge is 0.330 e. The summed E-state index contributed by atoms with van der Waals surface area (Å²) < 4.78 is 4.71. The van der Waals surface area contributed by atoms with Crippen LogP contribution in [0.1, 0.15) is 50.8 Å². The van der Waals surface area contributed by atoms with Crippen LogP contribution in [0.25, 0.3) is 17.0 Å². The molecule has 1 unspecified atom stereocenters. The van der Waals surface area contributed by atoms with Crippen molar-refractivity contribution >= 4 is 28.9 Å². The van der Waals surface area contributed by atoms with Crippen molar-refractivity contribution < 1.29 is 14.3 Å². The van der Waals surface area contributed by atoms with Gasteiger partial charge < -0.3 is 20.0 Å². The van der Waals surface area contributed by atoms with E-state index >= 15 is 0 Å². The van der Waals surface area contributed by atoms with E-state index in [2.05, 4.69) is 62.8 Å². The number of hydrogen-bond acceptors (Lipinski definition) is 4. The Morgan fingerprint density at radius 1 is 1.14 bits per heavy atom. The molecule has 0 fully saturated rings. The monoisotopic (exact) mass is 496 g/mol. The summed E-state index contributed by atoms with van der Waals surface area (Å²) in [5, 5.41) is 3.95. The van der Waals surface area contributed by atoms with Gasteiger partial charge in [0, 0.05) is 61.2 Å². The molecule has 2 aromatic carbocycles. The Morgan fingerprint density at radius 2 is 2.00 bits per heavy atom. The number of ether oxygens (including phenoxy) is 1. The van der Waals surface area contributed by atoms with Crippen LogP contribution in [-0.2, 0) is 28.9 Å². The molecule has 1 amide bonds. The number of esters is 1. The van der Waals surface area contributed by atoms with Gasteiger partial charge in [-0.3, -0.25) is 9.69 Å². The van der Waals surface area contributed by atoms with Crippen LogP contribution >= 0.6 is 0 Å². The Kier molecular flexibility index (Phi) is 7.23. The van der Waals surface area contributed by atoms with Crippen LogP contribution in [0.2, 0.25) is 0 Å². The van der Waals surface area contributed by atoms with Gasteiger partial charge in [-0.15, -0.1) is 0 Å². The molecule has 7 nitrogen and oxygen atoms in total. The number of fused-ring (bicyclic) bond motifs is 2. The molecule has 2 heterocycles. The molecule has 1 atom stereocenters. The van der Waals surface area contributed by atoms with E-state index < -0.39 is 0 Å². The lowest BCUT2D eigenvalue weighted by Gasteiger charge is -2.29. The largest absolute Gasteiger partial charge is 0.466 e. The number of methoxy groups -OCH3 is 1. The first-order valence-electron chi connectivity index (χ1n) is 12.6. The van der Waals surface area contributed by atoms with Gasteiger partial charge in [0.05, 0.1) is 12.7 Å². The molecule has 0 bridgehead atoms. The predicted octanol–water partition coefficient (Wildman–Crippen LogP) is 4.77. The number of aromatic amines is 2. The van der Waals surface area contributed by atoms with Crippen molar-refractivity contribution in [3.05, 3.63) is 101 Å². The molecule has 0 saturated carbocycles. The van der Waals surface area contributed by atoms with Crippen molar-refractivity contribution in [1.82, 2.24) is 20.2 Å². The number of carbonyl (C=O) groups is 2. The number of carbonyl (C=O) groups excluding carboxylic acids is 2. The van der Waals surface area contributed by atoms with Crippen molar-refractivity contribution in [1.29, 1.82) is 0 Å². The quantitative estimate of drug-likeness (QED) is 0.230. The molecular formula is C30H32N4O3. The molecule has 0 spiro atoms. The minimum atomic E-state index is -0.357. The molecule has 0 saturated heterocycles. The lowest BCUT2D eigenvalue weighted by Crippen LogP contribution is -2.29. The number of para-hydroxylation sites is 1. The standard InChI is InChI=1S/C30H32N4O3/c1-31-30(36)23-16-24(32-18-23)19-34(14-13-22-17-33-27-6-4-3-5-25(22)27)28-11-9-21-15-20(7-10-26(21)28)8-12-29(35)37-2/h3-8,10,12,15-18,28,32-33H,9,11,13-14,19H2,1-2H3,(H,31,36)/b12-8+. The van der Waals surface area contributed by atoms with Gasteiger partial charge >= 0.3 is 5.97 Å². The summed E-state index contributed by atoms with van der Waals surface area (Å²) in [5.41, 5.74) is 7.75. The summed E-state index contributed by atoms with van der Waals surface area (Å²) in [7, 11) is 3.03. The van der Waals surface area contributed by atoms with E-state index in [9.17, 15) is 9.59 Å². The third-order valence-electron chi connectivity index (χ3n) is 7.22. The highest BCUT2D eigenvalue weighted by Gasteiger charge is 2.28. The third kappa shape index (κ3) is 5.37. The fourth-order valence-electron chi connectivity index (χ4n) is 5.30. The predicted molar refractivity (Wildman–Crippen MR) is 145 cm³/mol. The minimum absolute atomic E-state index is 0.0911. The first-order chi connectivity index (χ1) is 18.1. The van der Waals surface area contributed by atoms with Gasteiger partial charge in [-0.1, -0.05) is 36.4 Å². The van der Waals surface area contributed by atoms with E-state index in [0.29, 0.717) is 12.1 Å². The van der Waals surface area contributed by atoms with Crippen molar-refractivity contribution in [3.63, 3.8) is 0 Å². The molecule has 5 rings (SSSR count). The summed E-state index contributed by atoms with van der Waals surface area (Å²) in [6.07, 6.45) is 10.1. The van der Waals surface area contributed by atoms with E-state index in [1.807, 2.05) is 12.1 Å². The van der Waals surface area contributed by atoms with Gasteiger partial charge in [0.1, 0.15) is 0 Å². The van der Waals surface area contributed by atoms with Crippen molar-refractivity contribution in [3.8, 4) is 0 Å². The lowest BCUT2D eigenvalue weighted by molar-refractivity contribution is -0.134. The first kappa shape index (κ1) is 24.6. The number of rotatable bonds is 9. The Morgan fingerprint density at radius 3 is 2.84 bits per heavy atom. The van der Waals surface area contributed by atoms with Crippen molar-refractivity contribution in [2.75, 3.05) is 20.7 Å². The number of amides is 1. The highest BCUT2D eigenvalue weighted by Crippen LogP contribution is 2.37. The average Bonchev–Trinajstić information content (AvgIpc) is 3.67. The molecule has 0 radical (unpaired) electrons. The molecule has 37 heavy (non-hydrogen) atoms. The number of H-pyrrole nitrogens is 2. The highest BCUT2D eigenvalue weighted by atomic mass is 16.5. The van der Waals surface area contributed by atoms with Crippen LogP contribution in [0.5, 0.6) is 0 Å². The average molecular weight is 497 g/mol. The first-order valence-corrected chi connectivity index (χ1v) is 12.6. The summed E-state index contributed by atoms with van der Waals surface area (Å²) >= 11 is 0. The van der Waals surface area contributed by atoms with Gasteiger partial charge in [-0.25, -0.2) is 4.79 Å². The topological polar surface area (TPSA) is 90.2 Å². The van der Waals surface area contributed by atoms with E-state index in [1.165, 1.54) is 35.3 Å². The van der Waals surface area contributed by atoms with Gasteiger partial charge in [-0.2, -0.15) is 0 Å². The van der Waals surface area contributed by atoms with E-state index in [4.69, 9.17) is 4.74 Å². The van der Waals surface area contributed by atoms with Crippen molar-refractivity contribution in [2.45, 2.75) is 31.8 Å². The maximum atomic E-state index is 12.1. The zero-order valence-electron chi connectivity index (χ0n) is 21.2. The SMILES string of the molecule is CNC(=O)c1c[nH]c(CN(CCc2c[nH]c3ccccc23)C2CCc3cc(/C=C/C(=O)OC)ccc32)c1. The molecule has 4 aromatic rings. The molecule has 7 heteroatoms. The number of benzene rings is 2. The molecule has 1 aliphatic carbocycles. The third-order valence-corrected chi connectivity index (χ3v) is 7.22. The number of aromatic nitrogens is 2. The van der Waals surface area contributed by atoms with Crippen LogP contribution in [0.3, 0.4) is 0 Å². The molecule has 190 valence electrons. The van der Waals surface area contributed by atoms with Crippen LogP contribution in [0.4, 0.5) is 0 Å². The molecular weight excluding hydrogens is 464 g/mol. The lowest BCUT2D eigenvalue weighted by atomic mass is 10.0. The van der Waals surface area contributed by atoms with Crippen LogP contribution in [0.15, 0.2) is 67.0 Å². The van der Waals surface area contributed by atoms with E-state index in [1.54, 1.807) is 19.3 Å². The van der Waals surface area contributed by atoms with E-state index in [0.717, 1.165) is 42.6 Å². The normalized spacial score (nSPS) is 14.9. The summed E-state index contributed by atoms with van der Waals surface area (Å²) in [6.45, 7) is 1.59. The zero-order valence-corrected chi connectivity index (χ0v) is 21.2.